The Morgan fingerprint density at radius 3 is 0.636 bits per heavy atom. The molecule has 107 heavy (non-hydrogen) atoms. The largest absolute Gasteiger partial charge is 0.472 e. The number of phosphoric ester groups is 2. The summed E-state index contributed by atoms with van der Waals surface area (Å²) in [5, 5.41) is 10.7. The number of hydrogen-bond donors (Lipinski definition) is 3. The van der Waals surface area contributed by atoms with E-state index in [-0.39, 0.29) is 25.7 Å². The molecule has 3 N–H and O–H groups in total. The number of hydrogen-bond acceptors (Lipinski definition) is 15. The molecule has 0 amide bonds. The molecule has 17 nitrogen and oxygen atoms in total. The first-order valence-electron chi connectivity index (χ1n) is 45.6. The van der Waals surface area contributed by atoms with E-state index in [2.05, 4.69) is 34.6 Å². The zero-order chi connectivity index (χ0) is 78.3. The SMILES string of the molecule is CCCCCCCCCCCCCCCCCCCCCCCC(=O)O[C@H](COC(=O)CCCCCCCCCCCCCCCCCCC(C)C)COP(=O)(O)OC[C@@H](O)COP(=O)(O)OC[C@@H](COC(=O)CCCCCCCCCCCCCCC)OC(=O)CCCCCCCCCCCCCCCC. The molecule has 0 rings (SSSR count). The van der Waals surface area contributed by atoms with Gasteiger partial charge in [-0.1, -0.05) is 426 Å². The number of rotatable bonds is 88. The lowest BCUT2D eigenvalue weighted by atomic mass is 10.0. The average Bonchev–Trinajstić information content (AvgIpc) is 0.910. The summed E-state index contributed by atoms with van der Waals surface area (Å²) in [6, 6.07) is 0. The molecule has 0 saturated carbocycles. The van der Waals surface area contributed by atoms with E-state index in [4.69, 9.17) is 37.0 Å². The molecule has 5 atom stereocenters. The Labute approximate surface area is 658 Å². The highest BCUT2D eigenvalue weighted by Gasteiger charge is 2.30. The van der Waals surface area contributed by atoms with Crippen LogP contribution in [0.4, 0.5) is 0 Å². The summed E-state index contributed by atoms with van der Waals surface area (Å²) in [4.78, 5) is 73.3. The van der Waals surface area contributed by atoms with Crippen molar-refractivity contribution in [3.8, 4) is 0 Å². The lowest BCUT2D eigenvalue weighted by molar-refractivity contribution is -0.161. The van der Waals surface area contributed by atoms with Gasteiger partial charge in [-0.3, -0.25) is 37.3 Å². The van der Waals surface area contributed by atoms with Gasteiger partial charge in [0.25, 0.3) is 0 Å². The highest BCUT2D eigenvalue weighted by atomic mass is 31.2. The second-order valence-electron chi connectivity index (χ2n) is 32.1. The molecular formula is C88H172O17P2. The highest BCUT2D eigenvalue weighted by Crippen LogP contribution is 2.45. The van der Waals surface area contributed by atoms with Gasteiger partial charge in [0, 0.05) is 25.7 Å². The number of unbranched alkanes of at least 4 members (excludes halogenated alkanes) is 60. The summed E-state index contributed by atoms with van der Waals surface area (Å²) in [6.07, 6.45) is 74.9. The lowest BCUT2D eigenvalue weighted by Crippen LogP contribution is -2.30. The van der Waals surface area contributed by atoms with Crippen LogP contribution in [0.1, 0.15) is 478 Å². The number of aliphatic hydroxyl groups excluding tert-OH is 1. The lowest BCUT2D eigenvalue weighted by Gasteiger charge is -2.21. The Morgan fingerprint density at radius 1 is 0.252 bits per heavy atom. The topological polar surface area (TPSA) is 237 Å². The minimum Gasteiger partial charge on any atom is -0.462 e. The van der Waals surface area contributed by atoms with Crippen LogP contribution in [-0.4, -0.2) is 96.7 Å². The van der Waals surface area contributed by atoms with Crippen molar-refractivity contribution in [1.29, 1.82) is 0 Å². The van der Waals surface area contributed by atoms with Crippen LogP contribution in [0.25, 0.3) is 0 Å². The minimum atomic E-state index is -4.97. The molecule has 0 radical (unpaired) electrons. The van der Waals surface area contributed by atoms with Gasteiger partial charge in [0.05, 0.1) is 26.4 Å². The van der Waals surface area contributed by atoms with Crippen molar-refractivity contribution in [2.45, 2.75) is 496 Å². The van der Waals surface area contributed by atoms with Gasteiger partial charge in [0.15, 0.2) is 12.2 Å². The number of carbonyl (C=O) groups is 4. The van der Waals surface area contributed by atoms with Crippen molar-refractivity contribution in [3.05, 3.63) is 0 Å². The molecule has 19 heteroatoms. The van der Waals surface area contributed by atoms with Crippen LogP contribution >= 0.6 is 15.6 Å². The standard InChI is InChI=1S/C88H172O17P2/c1-6-9-12-15-18-21-24-27-29-30-31-32-33-34-39-44-49-54-59-64-69-74-88(93)105-84(78-99-86(91)72-67-62-57-52-47-43-38-36-35-37-41-45-50-55-60-65-70-81(4)5)80-103-107(96,97)101-76-82(89)75-100-106(94,95)102-79-83(77-98-85(90)71-66-61-56-51-46-40-26-23-20-17-14-11-8-3)104-87(92)73-68-63-58-53-48-42-28-25-22-19-16-13-10-7-2/h81-84,89H,6-80H2,1-5H3,(H,94,95)(H,96,97)/t82-,83+,84+/m0/s1. The fraction of sp³-hybridized carbons (Fsp3) is 0.955. The van der Waals surface area contributed by atoms with Crippen molar-refractivity contribution < 1.29 is 80.2 Å². The van der Waals surface area contributed by atoms with Gasteiger partial charge in [-0.15, -0.1) is 0 Å². The molecule has 0 spiro atoms. The van der Waals surface area contributed by atoms with Crippen molar-refractivity contribution in [3.63, 3.8) is 0 Å². The monoisotopic (exact) mass is 1560 g/mol. The predicted molar refractivity (Wildman–Crippen MR) is 442 cm³/mol. The molecule has 0 bridgehead atoms. The Hall–Kier alpha value is -1.94. The number of aliphatic hydroxyl groups is 1. The number of esters is 4. The molecule has 0 heterocycles. The summed E-state index contributed by atoms with van der Waals surface area (Å²) >= 11 is 0. The summed E-state index contributed by atoms with van der Waals surface area (Å²) in [5.41, 5.74) is 0. The number of phosphoric acid groups is 2. The average molecular weight is 1560 g/mol. The number of ether oxygens (including phenoxy) is 4. The van der Waals surface area contributed by atoms with Crippen LogP contribution in [0.5, 0.6) is 0 Å². The van der Waals surface area contributed by atoms with Crippen molar-refractivity contribution in [2.75, 3.05) is 39.6 Å². The first-order valence-corrected chi connectivity index (χ1v) is 48.6. The summed E-state index contributed by atoms with van der Waals surface area (Å²) in [6.45, 7) is 7.41. The van der Waals surface area contributed by atoms with Crippen molar-refractivity contribution in [2.24, 2.45) is 5.92 Å². The maximum absolute atomic E-state index is 13.2. The molecule has 0 aliphatic carbocycles. The van der Waals surface area contributed by atoms with E-state index >= 15 is 0 Å². The molecule has 0 aromatic rings. The van der Waals surface area contributed by atoms with Crippen LogP contribution < -0.4 is 0 Å². The van der Waals surface area contributed by atoms with Gasteiger partial charge in [-0.05, 0) is 31.6 Å². The fourth-order valence-electron chi connectivity index (χ4n) is 13.8. The molecule has 0 aromatic carbocycles. The molecular weight excluding hydrogens is 1390 g/mol. The van der Waals surface area contributed by atoms with Gasteiger partial charge in [-0.25, -0.2) is 9.13 Å². The smallest absolute Gasteiger partial charge is 0.462 e. The zero-order valence-electron chi connectivity index (χ0n) is 70.3. The van der Waals surface area contributed by atoms with Crippen LogP contribution in [0.3, 0.4) is 0 Å². The van der Waals surface area contributed by atoms with Gasteiger partial charge in [-0.2, -0.15) is 0 Å². The molecule has 2 unspecified atom stereocenters. The van der Waals surface area contributed by atoms with Gasteiger partial charge in [0.1, 0.15) is 19.3 Å². The van der Waals surface area contributed by atoms with Crippen molar-refractivity contribution >= 4 is 39.5 Å². The molecule has 0 aliphatic heterocycles. The Morgan fingerprint density at radius 2 is 0.430 bits per heavy atom. The summed E-state index contributed by atoms with van der Waals surface area (Å²) < 4.78 is 69.0. The van der Waals surface area contributed by atoms with Crippen LogP contribution in [0.15, 0.2) is 0 Å². The molecule has 636 valence electrons. The van der Waals surface area contributed by atoms with E-state index in [1.54, 1.807) is 0 Å². The quantitative estimate of drug-likeness (QED) is 0.0222. The van der Waals surface area contributed by atoms with Crippen LogP contribution in [0.2, 0.25) is 0 Å². The van der Waals surface area contributed by atoms with E-state index in [0.29, 0.717) is 25.7 Å². The number of carbonyl (C=O) groups excluding carboxylic acids is 4. The second-order valence-corrected chi connectivity index (χ2v) is 35.0. The third-order valence-corrected chi connectivity index (χ3v) is 22.7. The summed E-state index contributed by atoms with van der Waals surface area (Å²) in [7, 11) is -9.93. The third kappa shape index (κ3) is 81.9. The predicted octanol–water partition coefficient (Wildman–Crippen LogP) is 27.2. The molecule has 0 aromatic heterocycles. The third-order valence-electron chi connectivity index (χ3n) is 20.8. The van der Waals surface area contributed by atoms with Crippen LogP contribution in [-0.2, 0) is 65.4 Å². The normalized spacial score (nSPS) is 13.7. The van der Waals surface area contributed by atoms with E-state index in [1.165, 1.54) is 302 Å². The highest BCUT2D eigenvalue weighted by molar-refractivity contribution is 7.47. The first kappa shape index (κ1) is 105. The Kier molecular flexibility index (Phi) is 79.2. The molecule has 0 saturated heterocycles. The molecule has 0 aliphatic rings. The van der Waals surface area contributed by atoms with Gasteiger partial charge >= 0.3 is 39.5 Å². The first-order chi connectivity index (χ1) is 52.0. The fourth-order valence-corrected chi connectivity index (χ4v) is 15.4. The Bertz CT molecular complexity index is 2030. The molecule has 0 fully saturated rings. The van der Waals surface area contributed by atoms with Gasteiger partial charge in [0.2, 0.25) is 0 Å². The van der Waals surface area contributed by atoms with Crippen LogP contribution in [0, 0.1) is 5.92 Å². The van der Waals surface area contributed by atoms with Gasteiger partial charge < -0.3 is 33.8 Å². The minimum absolute atomic E-state index is 0.109. The van der Waals surface area contributed by atoms with Crippen molar-refractivity contribution in [1.82, 2.24) is 0 Å². The van der Waals surface area contributed by atoms with E-state index in [1.807, 2.05) is 0 Å². The van der Waals surface area contributed by atoms with E-state index in [9.17, 15) is 43.2 Å². The van der Waals surface area contributed by atoms with E-state index < -0.39 is 97.5 Å². The maximum atomic E-state index is 13.2. The summed E-state index contributed by atoms with van der Waals surface area (Å²) in [5.74, 6) is -1.28. The Balaban J connectivity index is 5.24. The zero-order valence-corrected chi connectivity index (χ0v) is 72.1. The second kappa shape index (κ2) is 80.7. The maximum Gasteiger partial charge on any atom is 0.472 e. The van der Waals surface area contributed by atoms with E-state index in [0.717, 1.165) is 95.8 Å².